The Bertz CT molecular complexity index is 2670. The first-order valence-electron chi connectivity index (χ1n) is 27.2. The van der Waals surface area contributed by atoms with Crippen LogP contribution in [0.15, 0.2) is 72.8 Å². The quantitative estimate of drug-likeness (QED) is 0.0513. The SMILES string of the molecule is CNCC(O)COc1cccc(-c2nc(NC3CCOC3)c(C)c(N3CC4(CCNCC4)c4ccccc43)n2)c1.CNCC(O)COc1cccc(-c2nc(NC3CCOC3)c(C)c(N3CCC(O)(CCO)CC3)n2)c1. The predicted molar refractivity (Wildman–Crippen MR) is 296 cm³/mol. The molecule has 0 amide bonds. The highest BCUT2D eigenvalue weighted by Crippen LogP contribution is 2.49. The first-order chi connectivity index (χ1) is 37.0. The van der Waals surface area contributed by atoms with Crippen LogP contribution in [0.3, 0.4) is 0 Å². The van der Waals surface area contributed by atoms with E-state index in [9.17, 15) is 20.4 Å². The number of aliphatic hydroxyl groups is 4. The van der Waals surface area contributed by atoms with Crippen molar-refractivity contribution in [1.29, 1.82) is 0 Å². The van der Waals surface area contributed by atoms with E-state index in [0.717, 1.165) is 104 Å². The Morgan fingerprint density at radius 2 is 1.25 bits per heavy atom. The van der Waals surface area contributed by atoms with Gasteiger partial charge in [-0.05, 0) is 122 Å². The summed E-state index contributed by atoms with van der Waals surface area (Å²) in [5, 5.41) is 56.8. The molecule has 4 saturated heterocycles. The van der Waals surface area contributed by atoms with E-state index in [-0.39, 0.29) is 37.3 Å². The molecule has 1 spiro atoms. The van der Waals surface area contributed by atoms with Crippen molar-refractivity contribution >= 4 is 29.0 Å². The molecular formula is C57H79N11O8. The molecule has 9 N–H and O–H groups in total. The standard InChI is InChI=1S/C31H40N6O3.C26H39N5O5/c1-21-28(34-23-10-15-39-18-23)35-29(22-6-5-7-25(16-22)40-19-24(38)17-32-2)36-30(21)37-20-31(11-13-33-14-12-31)26-8-3-4-9-27(26)37;1-18-23(28-20-6-13-35-16-20)29-24(19-4-3-5-22(14-19)36-17-21(33)15-27-2)30-25(18)31-10-7-26(34,8-11-31)9-12-32/h3-9,16,23-24,32-33,38H,10-15,17-20H2,1-2H3,(H,34,35,36);3-5,14,20-21,27,32-34H,6-13,15-17H2,1-2H3,(H,28,29,30). The van der Waals surface area contributed by atoms with Crippen molar-refractivity contribution < 1.29 is 39.4 Å². The number of rotatable bonds is 20. The van der Waals surface area contributed by atoms with Crippen molar-refractivity contribution in [1.82, 2.24) is 35.9 Å². The van der Waals surface area contributed by atoms with E-state index in [0.29, 0.717) is 81.8 Å². The van der Waals surface area contributed by atoms with Gasteiger partial charge in [-0.3, -0.25) is 0 Å². The summed E-state index contributed by atoms with van der Waals surface area (Å²) in [5.41, 5.74) is 5.63. The van der Waals surface area contributed by atoms with Crippen molar-refractivity contribution in [2.75, 3.05) is 127 Å². The van der Waals surface area contributed by atoms with E-state index in [1.54, 1.807) is 7.05 Å². The zero-order valence-corrected chi connectivity index (χ0v) is 44.7. The lowest BCUT2D eigenvalue weighted by Crippen LogP contribution is -2.45. The van der Waals surface area contributed by atoms with Gasteiger partial charge in [-0.1, -0.05) is 42.5 Å². The molecule has 4 unspecified atom stereocenters. The smallest absolute Gasteiger partial charge is 0.164 e. The van der Waals surface area contributed by atoms with Crippen molar-refractivity contribution in [2.45, 2.75) is 94.1 Å². The number of likely N-dealkylation sites (N-methyl/N-ethyl adjacent to an activating group) is 2. The van der Waals surface area contributed by atoms with Crippen LogP contribution in [0.2, 0.25) is 0 Å². The lowest BCUT2D eigenvalue weighted by atomic mass is 9.75. The van der Waals surface area contributed by atoms with Crippen LogP contribution in [0.1, 0.15) is 61.6 Å². The Balaban J connectivity index is 0.000000187. The summed E-state index contributed by atoms with van der Waals surface area (Å²) in [6.07, 6.45) is 4.44. The van der Waals surface area contributed by atoms with Crippen molar-refractivity contribution in [3.63, 3.8) is 0 Å². The van der Waals surface area contributed by atoms with Gasteiger partial charge in [0.15, 0.2) is 11.6 Å². The first-order valence-corrected chi connectivity index (χ1v) is 27.2. The Hall–Kier alpha value is -5.74. The lowest BCUT2D eigenvalue weighted by molar-refractivity contribution is -0.00545. The Kier molecular flexibility index (Phi) is 18.5. The Morgan fingerprint density at radius 3 is 1.78 bits per heavy atom. The van der Waals surface area contributed by atoms with Gasteiger partial charge in [0, 0.05) is 85.9 Å². The summed E-state index contributed by atoms with van der Waals surface area (Å²) in [7, 11) is 3.60. The second-order valence-corrected chi connectivity index (χ2v) is 21.0. The molecular weight excluding hydrogens is 967 g/mol. The fourth-order valence-corrected chi connectivity index (χ4v) is 11.0. The highest BCUT2D eigenvalue weighted by molar-refractivity contribution is 5.77. The normalized spacial score (nSPS) is 20.4. The third-order valence-corrected chi connectivity index (χ3v) is 15.3. The van der Waals surface area contributed by atoms with Gasteiger partial charge in [-0.2, -0.15) is 0 Å². The van der Waals surface area contributed by atoms with Gasteiger partial charge in [-0.15, -0.1) is 0 Å². The third-order valence-electron chi connectivity index (χ3n) is 15.3. The van der Waals surface area contributed by atoms with Gasteiger partial charge in [-0.25, -0.2) is 19.9 Å². The summed E-state index contributed by atoms with van der Waals surface area (Å²) in [4.78, 5) is 24.7. The van der Waals surface area contributed by atoms with Gasteiger partial charge in [0.1, 0.15) is 60.2 Å². The van der Waals surface area contributed by atoms with Gasteiger partial charge in [0.25, 0.3) is 0 Å². The molecule has 0 radical (unpaired) electrons. The number of benzene rings is 3. The van der Waals surface area contributed by atoms with Crippen LogP contribution in [0, 0.1) is 13.8 Å². The number of para-hydroxylation sites is 1. The van der Waals surface area contributed by atoms with Gasteiger partial charge in [0.2, 0.25) is 0 Å². The molecule has 0 aliphatic carbocycles. The topological polar surface area (TPSA) is 236 Å². The highest BCUT2D eigenvalue weighted by atomic mass is 16.5. The fourth-order valence-electron chi connectivity index (χ4n) is 11.0. The summed E-state index contributed by atoms with van der Waals surface area (Å²) in [6.45, 7) is 12.5. The van der Waals surface area contributed by atoms with E-state index in [2.05, 4.69) is 67.6 Å². The van der Waals surface area contributed by atoms with Crippen molar-refractivity contribution in [3.05, 3.63) is 89.5 Å². The molecule has 3 aromatic carbocycles. The Morgan fingerprint density at radius 1 is 0.711 bits per heavy atom. The molecule has 76 heavy (non-hydrogen) atoms. The predicted octanol–water partition coefficient (Wildman–Crippen LogP) is 4.71. The van der Waals surface area contributed by atoms with Crippen LogP contribution < -0.4 is 45.9 Å². The first kappa shape index (κ1) is 55.0. The molecule has 5 aliphatic heterocycles. The van der Waals surface area contributed by atoms with E-state index in [1.807, 2.05) is 62.5 Å². The van der Waals surface area contributed by atoms with E-state index in [4.69, 9.17) is 38.9 Å². The molecule has 0 bridgehead atoms. The molecule has 2 aromatic heterocycles. The molecule has 410 valence electrons. The van der Waals surface area contributed by atoms with E-state index in [1.165, 1.54) is 11.3 Å². The number of fused-ring (bicyclic) bond motifs is 2. The molecule has 19 heteroatoms. The zero-order valence-electron chi connectivity index (χ0n) is 44.7. The number of nitrogens with zero attached hydrogens (tertiary/aromatic N) is 6. The van der Waals surface area contributed by atoms with Crippen LogP contribution in [0.25, 0.3) is 22.8 Å². The van der Waals surface area contributed by atoms with Gasteiger partial charge < -0.3 is 75.8 Å². The minimum Gasteiger partial charge on any atom is -0.491 e. The molecule has 0 saturated carbocycles. The van der Waals surface area contributed by atoms with Crippen molar-refractivity contribution in [3.8, 4) is 34.3 Å². The molecule has 10 rings (SSSR count). The largest absolute Gasteiger partial charge is 0.491 e. The number of anilines is 5. The number of hydrogen-bond donors (Lipinski definition) is 9. The summed E-state index contributed by atoms with van der Waals surface area (Å²) in [6, 6.07) is 24.6. The van der Waals surface area contributed by atoms with E-state index >= 15 is 0 Å². The lowest BCUT2D eigenvalue weighted by Gasteiger charge is -2.39. The average molecular weight is 1050 g/mol. The maximum Gasteiger partial charge on any atom is 0.164 e. The highest BCUT2D eigenvalue weighted by Gasteiger charge is 2.45. The summed E-state index contributed by atoms with van der Waals surface area (Å²) < 4.78 is 22.9. The second kappa shape index (κ2) is 25.6. The second-order valence-electron chi connectivity index (χ2n) is 21.0. The fraction of sp³-hybridized carbons (Fsp3) is 0.544. The molecule has 5 aromatic rings. The van der Waals surface area contributed by atoms with Crippen LogP contribution >= 0.6 is 0 Å². The number of hydrogen-bond acceptors (Lipinski definition) is 19. The van der Waals surface area contributed by atoms with Gasteiger partial charge in [0.05, 0.1) is 30.9 Å². The maximum atomic E-state index is 10.8. The van der Waals surface area contributed by atoms with Crippen LogP contribution in [-0.4, -0.2) is 176 Å². The zero-order chi connectivity index (χ0) is 53.1. The number of aromatic nitrogens is 4. The number of ether oxygens (including phenoxy) is 4. The minimum absolute atomic E-state index is 0.0187. The average Bonchev–Trinajstić information content (AvgIpc) is 4.25. The van der Waals surface area contributed by atoms with Gasteiger partial charge >= 0.3 is 0 Å². The number of nitrogens with one attached hydrogen (secondary N) is 5. The number of aliphatic hydroxyl groups excluding tert-OH is 3. The number of piperidine rings is 2. The molecule has 4 atom stereocenters. The third kappa shape index (κ3) is 13.3. The Labute approximate surface area is 447 Å². The summed E-state index contributed by atoms with van der Waals surface area (Å²) >= 11 is 0. The van der Waals surface area contributed by atoms with Crippen LogP contribution in [0.5, 0.6) is 11.5 Å². The molecule has 19 nitrogen and oxygen atoms in total. The van der Waals surface area contributed by atoms with E-state index < -0.39 is 17.8 Å². The monoisotopic (exact) mass is 1050 g/mol. The van der Waals surface area contributed by atoms with Crippen LogP contribution in [-0.2, 0) is 14.9 Å². The van der Waals surface area contributed by atoms with Crippen molar-refractivity contribution in [2.24, 2.45) is 0 Å². The summed E-state index contributed by atoms with van der Waals surface area (Å²) in [5.74, 6) is 5.93. The molecule has 5 aliphatic rings. The maximum absolute atomic E-state index is 10.8. The van der Waals surface area contributed by atoms with Crippen LogP contribution in [0.4, 0.5) is 29.0 Å². The molecule has 7 heterocycles. The molecule has 4 fully saturated rings. The minimum atomic E-state index is -0.833.